The van der Waals surface area contributed by atoms with Crippen LogP contribution in [0.3, 0.4) is 0 Å². The Kier molecular flexibility index (Phi) is 3.07. The highest BCUT2D eigenvalue weighted by molar-refractivity contribution is 9.10. The lowest BCUT2D eigenvalue weighted by molar-refractivity contribution is 0.957. The summed E-state index contributed by atoms with van der Waals surface area (Å²) in [6.07, 6.45) is 0. The molecule has 2 aromatic carbocycles. The third kappa shape index (κ3) is 1.91. The van der Waals surface area contributed by atoms with Crippen LogP contribution in [0.1, 0.15) is 11.1 Å². The Hall–Kier alpha value is -2.12. The summed E-state index contributed by atoms with van der Waals surface area (Å²) in [5.74, 6) is 0.911. The lowest BCUT2D eigenvalue weighted by atomic mass is 10.1. The van der Waals surface area contributed by atoms with Gasteiger partial charge in [0.2, 0.25) is 0 Å². The van der Waals surface area contributed by atoms with E-state index in [1.165, 1.54) is 0 Å². The van der Waals surface area contributed by atoms with Crippen molar-refractivity contribution in [2.45, 2.75) is 6.92 Å². The molecule has 0 aliphatic heterocycles. The molecule has 0 aliphatic carbocycles. The molecule has 98 valence electrons. The molecular formula is C16H12BrN3. The molecule has 0 saturated heterocycles. The quantitative estimate of drug-likeness (QED) is 0.673. The molecule has 3 nitrogen and oxygen atoms in total. The van der Waals surface area contributed by atoms with Crippen molar-refractivity contribution in [1.82, 2.24) is 9.55 Å². The van der Waals surface area contributed by atoms with Crippen molar-refractivity contribution in [3.05, 3.63) is 52.0 Å². The van der Waals surface area contributed by atoms with E-state index in [-0.39, 0.29) is 0 Å². The predicted octanol–water partition coefficient (Wildman–Crippen LogP) is 4.18. The number of aryl methyl sites for hydroxylation is 1. The van der Waals surface area contributed by atoms with E-state index in [2.05, 4.69) is 44.5 Å². The van der Waals surface area contributed by atoms with Crippen LogP contribution in [0.25, 0.3) is 22.4 Å². The highest BCUT2D eigenvalue weighted by atomic mass is 79.9. The van der Waals surface area contributed by atoms with Crippen LogP contribution in [-0.4, -0.2) is 9.55 Å². The van der Waals surface area contributed by atoms with Gasteiger partial charge in [0.25, 0.3) is 0 Å². The third-order valence-electron chi connectivity index (χ3n) is 3.52. The van der Waals surface area contributed by atoms with E-state index in [1.807, 2.05) is 37.4 Å². The first kappa shape index (κ1) is 12.9. The fraction of sp³-hybridized carbons (Fsp3) is 0.125. The second kappa shape index (κ2) is 4.77. The molecule has 0 spiro atoms. The van der Waals surface area contributed by atoms with E-state index in [0.29, 0.717) is 5.56 Å². The van der Waals surface area contributed by atoms with Gasteiger partial charge >= 0.3 is 0 Å². The van der Waals surface area contributed by atoms with Crippen LogP contribution in [0, 0.1) is 18.3 Å². The average molecular weight is 326 g/mol. The minimum absolute atomic E-state index is 0.633. The Morgan fingerprint density at radius 1 is 1.25 bits per heavy atom. The van der Waals surface area contributed by atoms with Crippen LogP contribution in [-0.2, 0) is 7.05 Å². The number of hydrogen-bond acceptors (Lipinski definition) is 2. The molecule has 4 heteroatoms. The van der Waals surface area contributed by atoms with Gasteiger partial charge in [-0.2, -0.15) is 5.26 Å². The summed E-state index contributed by atoms with van der Waals surface area (Å²) in [6, 6.07) is 13.8. The SMILES string of the molecule is Cc1c(Br)cccc1-c1nc2cc(C#N)ccc2n1C. The molecule has 0 fully saturated rings. The Bertz CT molecular complexity index is 856. The van der Waals surface area contributed by atoms with E-state index in [4.69, 9.17) is 5.26 Å². The minimum atomic E-state index is 0.633. The molecular weight excluding hydrogens is 314 g/mol. The largest absolute Gasteiger partial charge is 0.327 e. The first-order valence-corrected chi connectivity index (χ1v) is 7.03. The maximum atomic E-state index is 8.98. The second-order valence-electron chi connectivity index (χ2n) is 4.72. The van der Waals surface area contributed by atoms with Gasteiger partial charge < -0.3 is 4.57 Å². The first-order valence-electron chi connectivity index (χ1n) is 6.24. The molecule has 1 aromatic heterocycles. The highest BCUT2D eigenvalue weighted by Crippen LogP contribution is 2.30. The molecule has 0 saturated carbocycles. The zero-order valence-corrected chi connectivity index (χ0v) is 12.8. The van der Waals surface area contributed by atoms with Crippen LogP contribution in [0.2, 0.25) is 0 Å². The van der Waals surface area contributed by atoms with Crippen molar-refractivity contribution < 1.29 is 0 Å². The van der Waals surface area contributed by atoms with Gasteiger partial charge in [0.1, 0.15) is 5.82 Å². The molecule has 20 heavy (non-hydrogen) atoms. The maximum absolute atomic E-state index is 8.98. The predicted molar refractivity (Wildman–Crippen MR) is 83.3 cm³/mol. The number of aromatic nitrogens is 2. The summed E-state index contributed by atoms with van der Waals surface area (Å²) in [5.41, 5.74) is 4.76. The molecule has 0 unspecified atom stereocenters. The van der Waals surface area contributed by atoms with E-state index >= 15 is 0 Å². The van der Waals surface area contributed by atoms with Crippen LogP contribution in [0.4, 0.5) is 0 Å². The molecule has 0 radical (unpaired) electrons. The zero-order chi connectivity index (χ0) is 14.3. The van der Waals surface area contributed by atoms with Gasteiger partial charge in [-0.25, -0.2) is 4.98 Å². The van der Waals surface area contributed by atoms with Crippen LogP contribution < -0.4 is 0 Å². The van der Waals surface area contributed by atoms with Gasteiger partial charge in [-0.1, -0.05) is 28.1 Å². The van der Waals surface area contributed by atoms with Crippen molar-refractivity contribution in [2.24, 2.45) is 7.05 Å². The van der Waals surface area contributed by atoms with E-state index in [1.54, 1.807) is 0 Å². The number of fused-ring (bicyclic) bond motifs is 1. The van der Waals surface area contributed by atoms with E-state index < -0.39 is 0 Å². The van der Waals surface area contributed by atoms with Gasteiger partial charge in [-0.15, -0.1) is 0 Å². The lowest BCUT2D eigenvalue weighted by Crippen LogP contribution is -1.94. The molecule has 3 aromatic rings. The van der Waals surface area contributed by atoms with Crippen LogP contribution in [0.15, 0.2) is 40.9 Å². The number of benzene rings is 2. The number of hydrogen-bond donors (Lipinski definition) is 0. The Morgan fingerprint density at radius 3 is 2.80 bits per heavy atom. The summed E-state index contributed by atoms with van der Waals surface area (Å²) in [7, 11) is 2.00. The molecule has 0 bridgehead atoms. The fourth-order valence-corrected chi connectivity index (χ4v) is 2.73. The summed E-state index contributed by atoms with van der Waals surface area (Å²) < 4.78 is 3.13. The molecule has 1 heterocycles. The molecule has 0 atom stereocenters. The Morgan fingerprint density at radius 2 is 2.05 bits per heavy atom. The van der Waals surface area contributed by atoms with Crippen molar-refractivity contribution in [3.8, 4) is 17.5 Å². The lowest BCUT2D eigenvalue weighted by Gasteiger charge is -2.07. The van der Waals surface area contributed by atoms with Crippen molar-refractivity contribution in [1.29, 1.82) is 5.26 Å². The number of nitriles is 1. The first-order chi connectivity index (χ1) is 9.61. The zero-order valence-electron chi connectivity index (χ0n) is 11.2. The van der Waals surface area contributed by atoms with Crippen LogP contribution >= 0.6 is 15.9 Å². The second-order valence-corrected chi connectivity index (χ2v) is 5.58. The highest BCUT2D eigenvalue weighted by Gasteiger charge is 2.13. The average Bonchev–Trinajstić information content (AvgIpc) is 2.78. The smallest absolute Gasteiger partial charge is 0.141 e. The van der Waals surface area contributed by atoms with Crippen molar-refractivity contribution in [3.63, 3.8) is 0 Å². The Balaban J connectivity index is 2.30. The molecule has 0 N–H and O–H groups in total. The third-order valence-corrected chi connectivity index (χ3v) is 4.38. The summed E-state index contributed by atoms with van der Waals surface area (Å²) in [4.78, 5) is 4.68. The van der Waals surface area contributed by atoms with E-state index in [0.717, 1.165) is 32.5 Å². The maximum Gasteiger partial charge on any atom is 0.141 e. The molecule has 3 rings (SSSR count). The monoisotopic (exact) mass is 325 g/mol. The van der Waals surface area contributed by atoms with Crippen molar-refractivity contribution >= 4 is 27.0 Å². The fourth-order valence-electron chi connectivity index (χ4n) is 2.36. The number of nitrogens with zero attached hydrogens (tertiary/aromatic N) is 3. The molecule has 0 aliphatic rings. The van der Waals surface area contributed by atoms with Crippen molar-refractivity contribution in [2.75, 3.05) is 0 Å². The number of halogens is 1. The standard InChI is InChI=1S/C16H12BrN3/c1-10-12(4-3-5-13(10)17)16-19-14-8-11(9-18)6-7-15(14)20(16)2/h3-8H,1-2H3. The van der Waals surface area contributed by atoms with Gasteiger partial charge in [0.15, 0.2) is 0 Å². The molecule has 0 amide bonds. The normalized spacial score (nSPS) is 10.7. The summed E-state index contributed by atoms with van der Waals surface area (Å²) >= 11 is 3.55. The minimum Gasteiger partial charge on any atom is -0.327 e. The summed E-state index contributed by atoms with van der Waals surface area (Å²) in [6.45, 7) is 2.07. The topological polar surface area (TPSA) is 41.6 Å². The Labute approximate surface area is 125 Å². The van der Waals surface area contributed by atoms with E-state index in [9.17, 15) is 0 Å². The number of rotatable bonds is 1. The van der Waals surface area contributed by atoms with Gasteiger partial charge in [0, 0.05) is 17.1 Å². The summed E-state index contributed by atoms with van der Waals surface area (Å²) in [5, 5.41) is 8.98. The van der Waals surface area contributed by atoms with Gasteiger partial charge in [0.05, 0.1) is 22.7 Å². The van der Waals surface area contributed by atoms with Gasteiger partial charge in [-0.3, -0.25) is 0 Å². The van der Waals surface area contributed by atoms with Crippen LogP contribution in [0.5, 0.6) is 0 Å². The van der Waals surface area contributed by atoms with Gasteiger partial charge in [-0.05, 0) is 36.8 Å². The number of imidazole rings is 1.